The Kier molecular flexibility index (Phi) is 17.0. The quantitative estimate of drug-likeness (QED) is 0.335. The standard InChI is InChI=1S/C10H6O8.4Ag/c11-7(12)3-1-4(8(13)14)6(10(17)18)2-5(3)9(15)16;;;;/h1-2H,(H,11,12)(H,13,14)(H,15,16)(H,17,18);;;;. The van der Waals surface area contributed by atoms with Gasteiger partial charge in [0.25, 0.3) is 0 Å². The average molecular weight is 686 g/mol. The van der Waals surface area contributed by atoms with E-state index in [1.807, 2.05) is 0 Å². The van der Waals surface area contributed by atoms with E-state index >= 15 is 0 Å². The van der Waals surface area contributed by atoms with E-state index in [0.717, 1.165) is 0 Å². The van der Waals surface area contributed by atoms with Crippen molar-refractivity contribution in [3.8, 4) is 0 Å². The van der Waals surface area contributed by atoms with Gasteiger partial charge in [0.05, 0.1) is 22.3 Å². The Morgan fingerprint density at radius 3 is 0.727 bits per heavy atom. The van der Waals surface area contributed by atoms with Crippen LogP contribution >= 0.6 is 0 Å². The first-order chi connectivity index (χ1) is 8.25. The van der Waals surface area contributed by atoms with Gasteiger partial charge in [0, 0.05) is 89.5 Å². The molecule has 22 heavy (non-hydrogen) atoms. The summed E-state index contributed by atoms with van der Waals surface area (Å²) < 4.78 is 0. The minimum atomic E-state index is -1.66. The molecule has 1 rings (SSSR count). The topological polar surface area (TPSA) is 149 Å². The number of rotatable bonds is 4. The van der Waals surface area contributed by atoms with Crippen LogP contribution in [0.1, 0.15) is 41.4 Å². The molecule has 1 aromatic rings. The second-order valence-electron chi connectivity index (χ2n) is 3.16. The molecule has 12 heteroatoms. The van der Waals surface area contributed by atoms with Crippen molar-refractivity contribution < 1.29 is 129 Å². The number of hydrogen-bond donors (Lipinski definition) is 4. The van der Waals surface area contributed by atoms with Crippen molar-refractivity contribution in [1.82, 2.24) is 0 Å². The average Bonchev–Trinajstić information content (AvgIpc) is 2.26. The fourth-order valence-corrected chi connectivity index (χ4v) is 1.31. The van der Waals surface area contributed by atoms with Crippen molar-refractivity contribution in [2.75, 3.05) is 0 Å². The summed E-state index contributed by atoms with van der Waals surface area (Å²) in [6.07, 6.45) is 0. The maximum absolute atomic E-state index is 10.8. The minimum Gasteiger partial charge on any atom is -0.478 e. The van der Waals surface area contributed by atoms with Crippen LogP contribution in [0.15, 0.2) is 12.1 Å². The molecular weight excluding hydrogens is 680 g/mol. The van der Waals surface area contributed by atoms with Crippen molar-refractivity contribution in [1.29, 1.82) is 0 Å². The summed E-state index contributed by atoms with van der Waals surface area (Å²) in [5, 5.41) is 35.0. The van der Waals surface area contributed by atoms with Crippen LogP contribution in [0.5, 0.6) is 0 Å². The molecule has 0 bridgehead atoms. The molecule has 0 unspecified atom stereocenters. The van der Waals surface area contributed by atoms with Crippen molar-refractivity contribution in [2.24, 2.45) is 0 Å². The van der Waals surface area contributed by atoms with Crippen LogP contribution in [-0.4, -0.2) is 44.3 Å². The minimum absolute atomic E-state index is 0. The first kappa shape index (κ1) is 30.0. The number of carbonyl (C=O) groups is 4. The zero-order valence-corrected chi connectivity index (χ0v) is 15.7. The van der Waals surface area contributed by atoms with Crippen LogP contribution in [0.25, 0.3) is 0 Å². The summed E-state index contributed by atoms with van der Waals surface area (Å²) in [6.45, 7) is 0. The molecule has 4 radical (unpaired) electrons. The number of hydrogen-bond acceptors (Lipinski definition) is 4. The summed E-state index contributed by atoms with van der Waals surface area (Å²) in [7, 11) is 0. The van der Waals surface area contributed by atoms with Gasteiger partial charge in [-0.1, -0.05) is 0 Å². The van der Waals surface area contributed by atoms with E-state index in [2.05, 4.69) is 0 Å². The Bertz CT molecular complexity index is 488. The molecule has 0 saturated carbocycles. The summed E-state index contributed by atoms with van der Waals surface area (Å²) in [5.41, 5.74) is -3.15. The van der Waals surface area contributed by atoms with Crippen molar-refractivity contribution >= 4 is 23.9 Å². The molecule has 0 aliphatic carbocycles. The molecule has 0 atom stereocenters. The normalized spacial score (nSPS) is 8.00. The predicted molar refractivity (Wildman–Crippen MR) is 54.3 cm³/mol. The van der Waals surface area contributed by atoms with Gasteiger partial charge < -0.3 is 20.4 Å². The summed E-state index contributed by atoms with van der Waals surface area (Å²) in [4.78, 5) is 43.1. The van der Waals surface area contributed by atoms with Gasteiger partial charge in [-0.3, -0.25) is 0 Å². The van der Waals surface area contributed by atoms with Gasteiger partial charge in [0.2, 0.25) is 0 Å². The molecule has 4 N–H and O–H groups in total. The molecule has 0 aromatic heterocycles. The Morgan fingerprint density at radius 1 is 0.500 bits per heavy atom. The van der Waals surface area contributed by atoms with Gasteiger partial charge in [0.1, 0.15) is 0 Å². The fraction of sp³-hybridized carbons (Fsp3) is 0. The first-order valence-electron chi connectivity index (χ1n) is 4.37. The van der Waals surface area contributed by atoms with Crippen molar-refractivity contribution in [3.63, 3.8) is 0 Å². The van der Waals surface area contributed by atoms with Crippen LogP contribution in [0.4, 0.5) is 0 Å². The van der Waals surface area contributed by atoms with E-state index in [0.29, 0.717) is 12.1 Å². The van der Waals surface area contributed by atoms with Crippen LogP contribution in [0.3, 0.4) is 0 Å². The largest absolute Gasteiger partial charge is 0.478 e. The molecule has 8 nitrogen and oxygen atoms in total. The third-order valence-electron chi connectivity index (χ3n) is 2.08. The van der Waals surface area contributed by atoms with Gasteiger partial charge >= 0.3 is 23.9 Å². The summed E-state index contributed by atoms with van der Waals surface area (Å²) >= 11 is 0. The van der Waals surface area contributed by atoms with E-state index < -0.39 is 46.1 Å². The second-order valence-corrected chi connectivity index (χ2v) is 3.16. The summed E-state index contributed by atoms with van der Waals surface area (Å²) in [6, 6.07) is 1.02. The molecule has 0 saturated heterocycles. The Morgan fingerprint density at radius 2 is 0.636 bits per heavy atom. The number of aromatic carboxylic acids is 4. The molecule has 0 spiro atoms. The molecule has 0 aliphatic heterocycles. The molecule has 0 fully saturated rings. The summed E-state index contributed by atoms with van der Waals surface area (Å²) in [5.74, 6) is -6.64. The first-order valence-corrected chi connectivity index (χ1v) is 4.37. The SMILES string of the molecule is O=C(O)c1cc(C(=O)O)c(C(=O)O)cc1C(=O)O.[Ag].[Ag].[Ag].[Ag]. The van der Waals surface area contributed by atoms with E-state index in [1.165, 1.54) is 0 Å². The van der Waals surface area contributed by atoms with E-state index in [9.17, 15) is 19.2 Å². The molecule has 1 aromatic carbocycles. The predicted octanol–water partition coefficient (Wildman–Crippen LogP) is 0.469. The Balaban J connectivity index is -0.000000405. The van der Waals surface area contributed by atoms with Gasteiger partial charge in [-0.15, -0.1) is 0 Å². The fourth-order valence-electron chi connectivity index (χ4n) is 1.31. The van der Waals surface area contributed by atoms with Crippen LogP contribution in [0.2, 0.25) is 0 Å². The number of carboxylic acid groups (broad SMARTS) is 4. The van der Waals surface area contributed by atoms with Gasteiger partial charge in [0.15, 0.2) is 0 Å². The Labute approximate surface area is 185 Å². The smallest absolute Gasteiger partial charge is 0.336 e. The molecular formula is C10H6Ag4O8. The van der Waals surface area contributed by atoms with E-state index in [4.69, 9.17) is 20.4 Å². The van der Waals surface area contributed by atoms with Crippen LogP contribution < -0.4 is 0 Å². The van der Waals surface area contributed by atoms with Crippen molar-refractivity contribution in [2.45, 2.75) is 0 Å². The van der Waals surface area contributed by atoms with Crippen molar-refractivity contribution in [3.05, 3.63) is 34.4 Å². The monoisotopic (exact) mass is 682 g/mol. The zero-order valence-electron chi connectivity index (χ0n) is 9.78. The molecule has 0 aliphatic rings. The van der Waals surface area contributed by atoms with Crippen LogP contribution in [0, 0.1) is 0 Å². The number of carboxylic acids is 4. The molecule has 0 amide bonds. The molecule has 0 heterocycles. The van der Waals surface area contributed by atoms with Gasteiger partial charge in [-0.05, 0) is 12.1 Å². The van der Waals surface area contributed by atoms with Gasteiger partial charge in [-0.25, -0.2) is 19.2 Å². The van der Waals surface area contributed by atoms with Gasteiger partial charge in [-0.2, -0.15) is 0 Å². The van der Waals surface area contributed by atoms with E-state index in [1.54, 1.807) is 0 Å². The van der Waals surface area contributed by atoms with E-state index in [-0.39, 0.29) is 89.5 Å². The maximum atomic E-state index is 10.8. The van der Waals surface area contributed by atoms with Crippen LogP contribution in [-0.2, 0) is 89.5 Å². The maximum Gasteiger partial charge on any atom is 0.336 e. The number of benzene rings is 1. The third kappa shape index (κ3) is 7.09. The second kappa shape index (κ2) is 12.5. The third-order valence-corrected chi connectivity index (χ3v) is 2.08. The molecule has 138 valence electrons. The zero-order chi connectivity index (χ0) is 14.0. The Hall–Kier alpha value is 0.0610.